The minimum absolute atomic E-state index is 0.257. The van der Waals surface area contributed by atoms with E-state index in [0.29, 0.717) is 5.82 Å². The molecule has 0 saturated heterocycles. The summed E-state index contributed by atoms with van der Waals surface area (Å²) in [7, 11) is 0. The first-order valence-corrected chi connectivity index (χ1v) is 7.36. The number of nitrogens with zero attached hydrogens (tertiary/aromatic N) is 2. The van der Waals surface area contributed by atoms with E-state index in [-0.39, 0.29) is 12.4 Å². The molecule has 0 saturated carbocycles. The molecule has 0 unspecified atom stereocenters. The van der Waals surface area contributed by atoms with Gasteiger partial charge in [0.05, 0.1) is 5.39 Å². The van der Waals surface area contributed by atoms with Crippen molar-refractivity contribution in [1.29, 1.82) is 0 Å². The number of ether oxygens (including phenoxy) is 1. The lowest BCUT2D eigenvalue weighted by molar-refractivity contribution is -0.177. The fraction of sp³-hybridized carbons (Fsp3) is 0.538. The highest BCUT2D eigenvalue weighted by molar-refractivity contribution is 7.18. The molecular weight excluding hydrogens is 303 g/mol. The summed E-state index contributed by atoms with van der Waals surface area (Å²) in [6, 6.07) is 1.97. The van der Waals surface area contributed by atoms with Crippen LogP contribution in [-0.4, -0.2) is 29.3 Å². The normalized spacial score (nSPS) is 12.0. The summed E-state index contributed by atoms with van der Waals surface area (Å²) in [5.74, 6) is 0.906. The van der Waals surface area contributed by atoms with E-state index in [0.717, 1.165) is 28.1 Å². The molecule has 0 aliphatic carbocycles. The minimum Gasteiger partial charge on any atom is -0.369 e. The van der Waals surface area contributed by atoms with Crippen molar-refractivity contribution in [3.63, 3.8) is 0 Å². The predicted octanol–water partition coefficient (Wildman–Crippen LogP) is 3.90. The van der Waals surface area contributed by atoms with Crippen LogP contribution in [0.25, 0.3) is 10.2 Å². The lowest BCUT2D eigenvalue weighted by Crippen LogP contribution is -2.17. The molecule has 2 aromatic heterocycles. The van der Waals surface area contributed by atoms with Crippen molar-refractivity contribution >= 4 is 27.4 Å². The summed E-state index contributed by atoms with van der Waals surface area (Å²) in [5.41, 5.74) is 0. The first kappa shape index (κ1) is 16.0. The Labute approximate surface area is 124 Å². The van der Waals surface area contributed by atoms with E-state index in [9.17, 15) is 13.2 Å². The van der Waals surface area contributed by atoms with Crippen molar-refractivity contribution in [3.8, 4) is 0 Å². The molecule has 21 heavy (non-hydrogen) atoms. The third-order valence-corrected chi connectivity index (χ3v) is 3.55. The molecule has 0 bridgehead atoms. The number of aromatic nitrogens is 2. The molecule has 0 aliphatic heterocycles. The maximum absolute atomic E-state index is 12.1. The molecule has 1 N–H and O–H groups in total. The fourth-order valence-electron chi connectivity index (χ4n) is 1.79. The molecule has 2 aromatic rings. The highest BCUT2D eigenvalue weighted by atomic mass is 32.1. The standard InChI is InChI=1S/C13H16F3N3OS/c1-3-4-17-11-9-5-8(2)21-12(9)19-10(18-11)6-20-7-13(14,15)16/h5H,3-4,6-7H2,1-2H3,(H,17,18,19). The summed E-state index contributed by atoms with van der Waals surface area (Å²) in [4.78, 5) is 10.4. The zero-order valence-electron chi connectivity index (χ0n) is 11.8. The van der Waals surface area contributed by atoms with Gasteiger partial charge in [-0.25, -0.2) is 9.97 Å². The number of aryl methyl sites for hydroxylation is 1. The van der Waals surface area contributed by atoms with Gasteiger partial charge in [0.2, 0.25) is 0 Å². The van der Waals surface area contributed by atoms with Crippen LogP contribution in [0.5, 0.6) is 0 Å². The van der Waals surface area contributed by atoms with Crippen LogP contribution >= 0.6 is 11.3 Å². The van der Waals surface area contributed by atoms with Crippen LogP contribution < -0.4 is 5.32 Å². The van der Waals surface area contributed by atoms with Crippen molar-refractivity contribution in [2.75, 3.05) is 18.5 Å². The molecule has 2 heterocycles. The summed E-state index contributed by atoms with van der Waals surface area (Å²) >= 11 is 1.48. The van der Waals surface area contributed by atoms with Crippen molar-refractivity contribution in [2.24, 2.45) is 0 Å². The quantitative estimate of drug-likeness (QED) is 0.877. The fourth-order valence-corrected chi connectivity index (χ4v) is 2.69. The van der Waals surface area contributed by atoms with Crippen molar-refractivity contribution < 1.29 is 17.9 Å². The molecule has 2 rings (SSSR count). The van der Waals surface area contributed by atoms with E-state index < -0.39 is 12.8 Å². The average Bonchev–Trinajstić information content (AvgIpc) is 2.74. The van der Waals surface area contributed by atoms with Crippen LogP contribution in [0.3, 0.4) is 0 Å². The smallest absolute Gasteiger partial charge is 0.369 e. The molecule has 0 aliphatic rings. The summed E-state index contributed by atoms with van der Waals surface area (Å²) < 4.78 is 40.9. The van der Waals surface area contributed by atoms with Crippen LogP contribution in [0.15, 0.2) is 6.07 Å². The van der Waals surface area contributed by atoms with Gasteiger partial charge in [-0.15, -0.1) is 11.3 Å². The van der Waals surface area contributed by atoms with E-state index >= 15 is 0 Å². The van der Waals surface area contributed by atoms with Crippen LogP contribution in [0.2, 0.25) is 0 Å². The Balaban J connectivity index is 2.19. The van der Waals surface area contributed by atoms with Crippen LogP contribution in [0.1, 0.15) is 24.0 Å². The Morgan fingerprint density at radius 3 is 2.76 bits per heavy atom. The van der Waals surface area contributed by atoms with E-state index in [1.807, 2.05) is 19.9 Å². The van der Waals surface area contributed by atoms with Crippen molar-refractivity contribution in [3.05, 3.63) is 16.8 Å². The lowest BCUT2D eigenvalue weighted by atomic mass is 10.3. The molecule has 4 nitrogen and oxygen atoms in total. The summed E-state index contributed by atoms with van der Waals surface area (Å²) in [5, 5.41) is 4.07. The number of rotatable bonds is 6. The highest BCUT2D eigenvalue weighted by Gasteiger charge is 2.27. The van der Waals surface area contributed by atoms with Gasteiger partial charge in [-0.1, -0.05) is 6.92 Å². The van der Waals surface area contributed by atoms with Gasteiger partial charge >= 0.3 is 6.18 Å². The number of hydrogen-bond acceptors (Lipinski definition) is 5. The van der Waals surface area contributed by atoms with Gasteiger partial charge < -0.3 is 10.1 Å². The molecule has 0 radical (unpaired) electrons. The van der Waals surface area contributed by atoms with E-state index in [1.165, 1.54) is 11.3 Å². The van der Waals surface area contributed by atoms with Crippen molar-refractivity contribution in [1.82, 2.24) is 9.97 Å². The minimum atomic E-state index is -4.34. The molecular formula is C13H16F3N3OS. The Hall–Kier alpha value is -1.41. The monoisotopic (exact) mass is 319 g/mol. The number of hydrogen-bond donors (Lipinski definition) is 1. The second-order valence-corrected chi connectivity index (χ2v) is 5.83. The SMILES string of the molecule is CCCNc1nc(COCC(F)(F)F)nc2sc(C)cc12. The zero-order chi connectivity index (χ0) is 15.5. The number of alkyl halides is 3. The van der Waals surface area contributed by atoms with Gasteiger partial charge in [0.15, 0.2) is 5.82 Å². The number of nitrogens with one attached hydrogen (secondary N) is 1. The summed E-state index contributed by atoms with van der Waals surface area (Å²) in [6.07, 6.45) is -3.42. The third-order valence-electron chi connectivity index (χ3n) is 2.60. The second-order valence-electron chi connectivity index (χ2n) is 4.60. The largest absolute Gasteiger partial charge is 0.411 e. The van der Waals surface area contributed by atoms with Gasteiger partial charge in [-0.2, -0.15) is 13.2 Å². The first-order chi connectivity index (χ1) is 9.89. The molecule has 0 amide bonds. The number of halogens is 3. The molecule has 0 atom stereocenters. The maximum atomic E-state index is 12.1. The zero-order valence-corrected chi connectivity index (χ0v) is 12.6. The predicted molar refractivity (Wildman–Crippen MR) is 76.6 cm³/mol. The average molecular weight is 319 g/mol. The third kappa shape index (κ3) is 4.53. The Morgan fingerprint density at radius 2 is 2.10 bits per heavy atom. The molecule has 0 fully saturated rings. The first-order valence-electron chi connectivity index (χ1n) is 6.54. The van der Waals surface area contributed by atoms with Crippen LogP contribution in [-0.2, 0) is 11.3 Å². The number of fused-ring (bicyclic) bond motifs is 1. The maximum Gasteiger partial charge on any atom is 0.411 e. The number of thiophene rings is 1. The van der Waals surface area contributed by atoms with Gasteiger partial charge in [-0.05, 0) is 19.4 Å². The van der Waals surface area contributed by atoms with Gasteiger partial charge in [0, 0.05) is 11.4 Å². The molecule has 116 valence electrons. The van der Waals surface area contributed by atoms with Crippen molar-refractivity contribution in [2.45, 2.75) is 33.1 Å². The van der Waals surface area contributed by atoms with Gasteiger partial charge in [0.25, 0.3) is 0 Å². The van der Waals surface area contributed by atoms with Gasteiger partial charge in [0.1, 0.15) is 23.9 Å². The van der Waals surface area contributed by atoms with E-state index in [4.69, 9.17) is 0 Å². The Bertz CT molecular complexity index is 612. The second kappa shape index (κ2) is 6.57. The van der Waals surface area contributed by atoms with E-state index in [1.54, 1.807) is 0 Å². The van der Waals surface area contributed by atoms with Crippen LogP contribution in [0.4, 0.5) is 19.0 Å². The summed E-state index contributed by atoms with van der Waals surface area (Å²) in [6.45, 7) is 3.17. The van der Waals surface area contributed by atoms with E-state index in [2.05, 4.69) is 20.0 Å². The Morgan fingerprint density at radius 1 is 1.33 bits per heavy atom. The van der Waals surface area contributed by atoms with Crippen LogP contribution in [0, 0.1) is 6.92 Å². The van der Waals surface area contributed by atoms with Gasteiger partial charge in [-0.3, -0.25) is 0 Å². The molecule has 8 heteroatoms. The Kier molecular flexibility index (Phi) is 5.00. The molecule has 0 spiro atoms. The molecule has 0 aromatic carbocycles. The number of anilines is 1. The topological polar surface area (TPSA) is 47.0 Å². The highest BCUT2D eigenvalue weighted by Crippen LogP contribution is 2.28. The lowest BCUT2D eigenvalue weighted by Gasteiger charge is -2.09.